The molecule has 1 nitrogen and oxygen atoms in total. The first-order chi connectivity index (χ1) is 0. The monoisotopic (exact) mass is 170 g/mol. The minimum absolute atomic E-state index is 0. The molecular weight excluding hydrogens is 160 g/mol. The van der Waals surface area contributed by atoms with Crippen LogP contribution in [-0.4, -0.2) is 112 Å². The Morgan fingerprint density at radius 1 is 1.00 bits per heavy atom. The van der Waals surface area contributed by atoms with Crippen LogP contribution in [0.4, 0.5) is 0 Å². The predicted octanol–water partition coefficient (Wildman–Crippen LogP) is -0.286. The Bertz CT molecular complexity index is 15.5. The molecule has 0 aromatic rings. The quantitative estimate of drug-likeness (QED) is 0.394. The zero-order valence-electron chi connectivity index (χ0n) is 3.83. The van der Waals surface area contributed by atoms with Gasteiger partial charge in [0.05, 0.1) is 0 Å². The molecule has 1 atom stereocenters. The van der Waals surface area contributed by atoms with Gasteiger partial charge < -0.3 is 6.15 Å². The van der Waals surface area contributed by atoms with E-state index < -0.39 is 0 Å². The van der Waals surface area contributed by atoms with Crippen molar-refractivity contribution in [3.05, 3.63) is 0 Å². The summed E-state index contributed by atoms with van der Waals surface area (Å²) in [7, 11) is 0. The van der Waals surface area contributed by atoms with E-state index >= 15 is 0 Å². The summed E-state index contributed by atoms with van der Waals surface area (Å²) in [6, 6.07) is 0. The van der Waals surface area contributed by atoms with Gasteiger partial charge in [-0.15, -0.1) is 0 Å². The van der Waals surface area contributed by atoms with Crippen LogP contribution in [0.5, 0.6) is 0 Å². The van der Waals surface area contributed by atoms with Crippen LogP contribution in [0.3, 0.4) is 0 Å². The Labute approximate surface area is 132 Å². The van der Waals surface area contributed by atoms with Crippen LogP contribution in [0.15, 0.2) is 0 Å². The van der Waals surface area contributed by atoms with E-state index in [1.807, 2.05) is 0 Å². The maximum atomic E-state index is 0. The molecule has 6 heavy (non-hydrogen) atoms. The van der Waals surface area contributed by atoms with E-state index in [-0.39, 0.29) is 136 Å². The molecule has 0 amide bonds. The van der Waals surface area contributed by atoms with Crippen molar-refractivity contribution in [3.8, 4) is 0 Å². The summed E-state index contributed by atoms with van der Waals surface area (Å²) in [6.45, 7) is 0. The van der Waals surface area contributed by atoms with Crippen molar-refractivity contribution in [3.63, 3.8) is 0 Å². The summed E-state index contributed by atoms with van der Waals surface area (Å²) in [5, 5.41) is 0. The van der Waals surface area contributed by atoms with Crippen molar-refractivity contribution in [2.45, 2.75) is 7.43 Å². The van der Waals surface area contributed by atoms with Crippen molar-refractivity contribution in [2.75, 3.05) is 0 Å². The fourth-order valence-electron chi connectivity index (χ4n) is 0. The normalized spacial score (nSPS) is 0. The SMILES string of the molecule is C.N.P.[Ca].[K].[Mg]. The molecule has 0 aliphatic rings. The molecular formula is CH10CaKMgNP. The van der Waals surface area contributed by atoms with Crippen LogP contribution < -0.4 is 6.15 Å². The van der Waals surface area contributed by atoms with Crippen LogP contribution >= 0.6 is 9.90 Å². The average Bonchev–Trinajstić information content (AvgIpc) is 0. The largest absolute Gasteiger partial charge is 0.344 e. The summed E-state index contributed by atoms with van der Waals surface area (Å²) in [5.41, 5.74) is 0. The van der Waals surface area contributed by atoms with Gasteiger partial charge in [0.25, 0.3) is 0 Å². The second-order valence-electron chi connectivity index (χ2n) is 0. The summed E-state index contributed by atoms with van der Waals surface area (Å²) >= 11 is 0. The molecule has 5 heteroatoms. The van der Waals surface area contributed by atoms with Crippen molar-refractivity contribution in [1.82, 2.24) is 6.15 Å². The Hall–Kier alpha value is 4.05. The number of hydrogen-bond donors (Lipinski definition) is 1. The van der Waals surface area contributed by atoms with Gasteiger partial charge in [-0.05, 0) is 0 Å². The molecule has 3 N–H and O–H groups in total. The van der Waals surface area contributed by atoms with Gasteiger partial charge in [-0.2, -0.15) is 9.90 Å². The minimum atomic E-state index is 0. The third kappa shape index (κ3) is 24.4. The zero-order valence-corrected chi connectivity index (χ0v) is 12.0. The smallest absolute Gasteiger partial charge is 0 e. The van der Waals surface area contributed by atoms with E-state index in [1.165, 1.54) is 0 Å². The summed E-state index contributed by atoms with van der Waals surface area (Å²) in [4.78, 5) is 0. The number of hydrogen-bond acceptors (Lipinski definition) is 1. The first-order valence-electron chi connectivity index (χ1n) is 0. The topological polar surface area (TPSA) is 35.0 Å². The molecule has 29 valence electrons. The maximum Gasteiger partial charge on any atom is 0 e. The molecule has 0 saturated heterocycles. The Morgan fingerprint density at radius 2 is 1.00 bits per heavy atom. The van der Waals surface area contributed by atoms with Crippen molar-refractivity contribution in [2.24, 2.45) is 0 Å². The first kappa shape index (κ1) is 50.2. The van der Waals surface area contributed by atoms with Crippen molar-refractivity contribution < 1.29 is 0 Å². The number of rotatable bonds is 0. The molecule has 0 rings (SSSR count). The molecule has 0 heterocycles. The minimum Gasteiger partial charge on any atom is -0.344 e. The Balaban J connectivity index is 0. The van der Waals surface area contributed by atoms with E-state index in [2.05, 4.69) is 0 Å². The fourth-order valence-corrected chi connectivity index (χ4v) is 0. The van der Waals surface area contributed by atoms with E-state index in [1.54, 1.807) is 0 Å². The molecule has 0 aromatic heterocycles. The average molecular weight is 171 g/mol. The predicted molar refractivity (Wildman–Crippen MR) is 40.1 cm³/mol. The van der Waals surface area contributed by atoms with Gasteiger partial charge in [-0.25, -0.2) is 0 Å². The van der Waals surface area contributed by atoms with Crippen LogP contribution in [0, 0.1) is 0 Å². The van der Waals surface area contributed by atoms with Gasteiger partial charge in [0, 0.05) is 112 Å². The van der Waals surface area contributed by atoms with E-state index in [4.69, 9.17) is 0 Å². The van der Waals surface area contributed by atoms with E-state index in [0.29, 0.717) is 0 Å². The van der Waals surface area contributed by atoms with Crippen LogP contribution in [-0.2, 0) is 0 Å². The van der Waals surface area contributed by atoms with Gasteiger partial charge in [0.2, 0.25) is 0 Å². The molecule has 0 saturated carbocycles. The van der Waals surface area contributed by atoms with E-state index in [0.717, 1.165) is 0 Å². The van der Waals surface area contributed by atoms with E-state index in [9.17, 15) is 0 Å². The van der Waals surface area contributed by atoms with Crippen molar-refractivity contribution in [1.29, 1.82) is 0 Å². The standard InChI is InChI=1S/CH4.Ca.K.Mg.H3N.H3P/h1H4;;;;2*1H3. The summed E-state index contributed by atoms with van der Waals surface area (Å²) in [6.07, 6.45) is 0. The third-order valence-electron chi connectivity index (χ3n) is 0. The fraction of sp³-hybridized carbons (Fsp3) is 1.00. The molecule has 1 unspecified atom stereocenters. The molecule has 0 bridgehead atoms. The van der Waals surface area contributed by atoms with Crippen LogP contribution in [0.2, 0.25) is 0 Å². The first-order valence-corrected chi connectivity index (χ1v) is 0. The Morgan fingerprint density at radius 3 is 1.00 bits per heavy atom. The molecule has 0 aromatic carbocycles. The molecule has 0 spiro atoms. The summed E-state index contributed by atoms with van der Waals surface area (Å²) < 4.78 is 0. The van der Waals surface area contributed by atoms with Gasteiger partial charge in [-0.3, -0.25) is 0 Å². The molecule has 0 aliphatic heterocycles. The van der Waals surface area contributed by atoms with Crippen LogP contribution in [0.1, 0.15) is 7.43 Å². The molecule has 5 radical (unpaired) electrons. The molecule has 0 fully saturated rings. The Kier molecular flexibility index (Phi) is 299. The van der Waals surface area contributed by atoms with Crippen LogP contribution in [0.25, 0.3) is 0 Å². The van der Waals surface area contributed by atoms with Gasteiger partial charge in [0.15, 0.2) is 0 Å². The summed E-state index contributed by atoms with van der Waals surface area (Å²) in [5.74, 6) is 0. The van der Waals surface area contributed by atoms with Crippen molar-refractivity contribution >= 4 is 122 Å². The maximum absolute atomic E-state index is 0. The van der Waals surface area contributed by atoms with Gasteiger partial charge in [-0.1, -0.05) is 7.43 Å². The zero-order chi connectivity index (χ0) is 0. The molecule has 0 aliphatic carbocycles. The second kappa shape index (κ2) is 35.7. The van der Waals surface area contributed by atoms with Gasteiger partial charge >= 0.3 is 0 Å². The third-order valence-corrected chi connectivity index (χ3v) is 0. The van der Waals surface area contributed by atoms with Gasteiger partial charge in [0.1, 0.15) is 0 Å². The second-order valence-corrected chi connectivity index (χ2v) is 0.